The second-order valence-corrected chi connectivity index (χ2v) is 8.92. The molecule has 2 unspecified atom stereocenters. The quantitative estimate of drug-likeness (QED) is 0.491. The number of halogens is 2. The molecule has 1 saturated heterocycles. The number of imidazole rings is 1. The summed E-state index contributed by atoms with van der Waals surface area (Å²) in [7, 11) is 0. The van der Waals surface area contributed by atoms with Gasteiger partial charge in [0, 0.05) is 41.5 Å². The number of benzene rings is 2. The van der Waals surface area contributed by atoms with Crippen LogP contribution in [0.15, 0.2) is 48.5 Å². The molecule has 1 aliphatic rings. The van der Waals surface area contributed by atoms with Gasteiger partial charge in [0.15, 0.2) is 0 Å². The lowest BCUT2D eigenvalue weighted by atomic mass is 10.0. The van der Waals surface area contributed by atoms with E-state index in [9.17, 15) is 14.3 Å². The summed E-state index contributed by atoms with van der Waals surface area (Å²) in [4.78, 5) is 16.7. The summed E-state index contributed by atoms with van der Waals surface area (Å²) in [6, 6.07) is 13.9. The highest BCUT2D eigenvalue weighted by atomic mass is 35.5. The predicted octanol–water partition coefficient (Wildman–Crippen LogP) is 5.59. The molecule has 5 nitrogen and oxygen atoms in total. The van der Waals surface area contributed by atoms with Gasteiger partial charge in [-0.3, -0.25) is 4.79 Å². The number of hydrogen-bond donors (Lipinski definition) is 1. The molecule has 2 heterocycles. The summed E-state index contributed by atoms with van der Waals surface area (Å²) in [6.07, 6.45) is -0.00977. The third-order valence-corrected chi connectivity index (χ3v) is 5.91. The maximum Gasteiger partial charge on any atom is 0.308 e. The average Bonchev–Trinajstić information content (AvgIpc) is 3.12. The molecule has 3 aromatic rings. The molecule has 0 bridgehead atoms. The zero-order valence-corrected chi connectivity index (χ0v) is 18.8. The van der Waals surface area contributed by atoms with Gasteiger partial charge in [0.1, 0.15) is 17.7 Å². The van der Waals surface area contributed by atoms with Crippen molar-refractivity contribution in [2.45, 2.75) is 57.8 Å². The van der Waals surface area contributed by atoms with E-state index >= 15 is 0 Å². The van der Waals surface area contributed by atoms with Crippen LogP contribution in [-0.4, -0.2) is 32.8 Å². The Morgan fingerprint density at radius 3 is 2.44 bits per heavy atom. The van der Waals surface area contributed by atoms with E-state index in [2.05, 4.69) is 18.4 Å². The van der Waals surface area contributed by atoms with Gasteiger partial charge in [-0.15, -0.1) is 0 Å². The predicted molar refractivity (Wildman–Crippen MR) is 122 cm³/mol. The van der Waals surface area contributed by atoms with E-state index in [1.807, 2.05) is 24.3 Å². The van der Waals surface area contributed by atoms with E-state index in [4.69, 9.17) is 21.3 Å². The molecule has 1 N–H and O–H groups in total. The van der Waals surface area contributed by atoms with Crippen LogP contribution in [0.25, 0.3) is 22.5 Å². The van der Waals surface area contributed by atoms with Crippen molar-refractivity contribution in [1.82, 2.24) is 9.55 Å². The minimum Gasteiger partial charge on any atom is -0.462 e. The summed E-state index contributed by atoms with van der Waals surface area (Å²) in [5.41, 5.74) is 3.42. The van der Waals surface area contributed by atoms with Crippen molar-refractivity contribution in [3.63, 3.8) is 0 Å². The van der Waals surface area contributed by atoms with Gasteiger partial charge in [0.25, 0.3) is 0 Å². The largest absolute Gasteiger partial charge is 0.462 e. The molecule has 1 aromatic heterocycles. The maximum atomic E-state index is 13.7. The summed E-state index contributed by atoms with van der Waals surface area (Å²) >= 11 is 6.09. The molecular formula is C25H26ClFN2O3. The lowest BCUT2D eigenvalue weighted by molar-refractivity contribution is -0.160. The first kappa shape index (κ1) is 22.5. The molecular weight excluding hydrogens is 431 g/mol. The Bertz CT molecular complexity index is 1090. The molecule has 7 heteroatoms. The number of aliphatic hydroxyl groups excluding tert-OH is 1. The molecule has 0 spiro atoms. The number of rotatable bonds is 6. The van der Waals surface area contributed by atoms with E-state index in [-0.39, 0.29) is 30.2 Å². The number of nitrogens with zero attached hydrogens (tertiary/aromatic N) is 2. The Labute approximate surface area is 191 Å². The van der Waals surface area contributed by atoms with Crippen molar-refractivity contribution in [2.75, 3.05) is 0 Å². The Hall–Kier alpha value is -2.70. The van der Waals surface area contributed by atoms with Crippen LogP contribution in [0.5, 0.6) is 0 Å². The number of esters is 1. The zero-order valence-electron chi connectivity index (χ0n) is 18.1. The fraction of sp³-hybridized carbons (Fsp3) is 0.360. The van der Waals surface area contributed by atoms with Crippen LogP contribution >= 0.6 is 11.6 Å². The van der Waals surface area contributed by atoms with Crippen molar-refractivity contribution in [3.8, 4) is 22.5 Å². The van der Waals surface area contributed by atoms with E-state index in [0.717, 1.165) is 28.3 Å². The van der Waals surface area contributed by atoms with Crippen LogP contribution in [0.3, 0.4) is 0 Å². The van der Waals surface area contributed by atoms with Crippen molar-refractivity contribution in [3.05, 3.63) is 65.2 Å². The van der Waals surface area contributed by atoms with Crippen LogP contribution in [0.4, 0.5) is 4.39 Å². The summed E-state index contributed by atoms with van der Waals surface area (Å²) in [6.45, 7) is 4.69. The van der Waals surface area contributed by atoms with E-state index < -0.39 is 6.10 Å². The van der Waals surface area contributed by atoms with Crippen LogP contribution in [-0.2, 0) is 16.1 Å². The minimum atomic E-state index is -0.671. The van der Waals surface area contributed by atoms with Crippen molar-refractivity contribution in [1.29, 1.82) is 0 Å². The molecule has 0 aliphatic carbocycles. The number of carbonyl (C=O) groups excluding carboxylic acids is 1. The number of aliphatic hydroxyl groups is 1. The fourth-order valence-electron chi connectivity index (χ4n) is 4.16. The average molecular weight is 457 g/mol. The van der Waals surface area contributed by atoms with E-state index in [1.54, 1.807) is 12.1 Å². The molecule has 2 aromatic carbocycles. The number of carbonyl (C=O) groups is 1. The zero-order chi connectivity index (χ0) is 22.8. The SMILES string of the molecule is CC(C)c1nc(-c2ccc(Cl)cc2)c(-c2ccc(F)cc2)n1CCC1CC(O)CC(=O)O1. The highest BCUT2D eigenvalue weighted by molar-refractivity contribution is 6.30. The second-order valence-electron chi connectivity index (χ2n) is 8.48. The Morgan fingerprint density at radius 2 is 1.81 bits per heavy atom. The number of aromatic nitrogens is 2. The van der Waals surface area contributed by atoms with Gasteiger partial charge in [-0.1, -0.05) is 37.6 Å². The fourth-order valence-corrected chi connectivity index (χ4v) is 4.28. The van der Waals surface area contributed by atoms with Crippen LogP contribution < -0.4 is 0 Å². The number of cyclic esters (lactones) is 1. The van der Waals surface area contributed by atoms with Crippen molar-refractivity contribution in [2.24, 2.45) is 0 Å². The number of hydrogen-bond acceptors (Lipinski definition) is 4. The standard InChI is InChI=1S/C25H26ClFN2O3/c1-15(2)25-28-23(16-3-7-18(26)8-4-16)24(17-5-9-19(27)10-6-17)29(25)12-11-21-13-20(30)14-22(31)32-21/h3-10,15,20-21,30H,11-14H2,1-2H3. The van der Waals surface area contributed by atoms with Gasteiger partial charge in [-0.25, -0.2) is 9.37 Å². The van der Waals surface area contributed by atoms with E-state index in [1.165, 1.54) is 12.1 Å². The van der Waals surface area contributed by atoms with Gasteiger partial charge in [-0.05, 0) is 36.4 Å². The third kappa shape index (κ3) is 4.87. The van der Waals surface area contributed by atoms with Gasteiger partial charge in [0.05, 0.1) is 23.9 Å². The minimum absolute atomic E-state index is 0.0420. The third-order valence-electron chi connectivity index (χ3n) is 5.66. The Morgan fingerprint density at radius 1 is 1.16 bits per heavy atom. The van der Waals surface area contributed by atoms with Crippen molar-refractivity contribution < 1.29 is 19.0 Å². The first-order valence-corrected chi connectivity index (χ1v) is 11.2. The lowest BCUT2D eigenvalue weighted by Crippen LogP contribution is -2.33. The molecule has 1 fully saturated rings. The maximum absolute atomic E-state index is 13.7. The van der Waals surface area contributed by atoms with Gasteiger partial charge in [0.2, 0.25) is 0 Å². The van der Waals surface area contributed by atoms with Gasteiger partial charge in [-0.2, -0.15) is 0 Å². The lowest BCUT2D eigenvalue weighted by Gasteiger charge is -2.26. The molecule has 4 rings (SSSR count). The highest BCUT2D eigenvalue weighted by Crippen LogP contribution is 2.36. The smallest absolute Gasteiger partial charge is 0.308 e. The van der Waals surface area contributed by atoms with E-state index in [0.29, 0.717) is 24.4 Å². The normalized spacial score (nSPS) is 18.8. The Kier molecular flexibility index (Phi) is 6.63. The molecule has 32 heavy (non-hydrogen) atoms. The first-order chi connectivity index (χ1) is 15.3. The topological polar surface area (TPSA) is 64.3 Å². The summed E-state index contributed by atoms with van der Waals surface area (Å²) in [5, 5.41) is 10.6. The molecule has 2 atom stereocenters. The monoisotopic (exact) mass is 456 g/mol. The summed E-state index contributed by atoms with van der Waals surface area (Å²) in [5.74, 6) is 0.343. The molecule has 0 amide bonds. The molecule has 0 radical (unpaired) electrons. The van der Waals surface area contributed by atoms with Gasteiger partial charge < -0.3 is 14.4 Å². The van der Waals surface area contributed by atoms with Crippen LogP contribution in [0, 0.1) is 5.82 Å². The van der Waals surface area contributed by atoms with Gasteiger partial charge >= 0.3 is 5.97 Å². The summed E-state index contributed by atoms with van der Waals surface area (Å²) < 4.78 is 21.2. The van der Waals surface area contributed by atoms with Crippen LogP contribution in [0.1, 0.15) is 44.9 Å². The molecule has 168 valence electrons. The van der Waals surface area contributed by atoms with Crippen molar-refractivity contribution >= 4 is 17.6 Å². The number of ether oxygens (including phenoxy) is 1. The molecule has 1 aliphatic heterocycles. The highest BCUT2D eigenvalue weighted by Gasteiger charge is 2.28. The molecule has 0 saturated carbocycles. The first-order valence-electron chi connectivity index (χ1n) is 10.8. The van der Waals surface area contributed by atoms with Crippen LogP contribution in [0.2, 0.25) is 5.02 Å². The second kappa shape index (κ2) is 9.43. The Balaban J connectivity index is 1.78.